The Morgan fingerprint density at radius 2 is 2.21 bits per heavy atom. The quantitative estimate of drug-likeness (QED) is 0.889. The molecule has 1 heterocycles. The highest BCUT2D eigenvalue weighted by Crippen LogP contribution is 2.39. The minimum atomic E-state index is -1.46. The van der Waals surface area contributed by atoms with E-state index in [0.29, 0.717) is 10.6 Å². The van der Waals surface area contributed by atoms with Crippen LogP contribution < -0.4 is 5.32 Å². The monoisotopic (exact) mass is 280 g/mol. The van der Waals surface area contributed by atoms with E-state index in [0.717, 1.165) is 0 Å². The van der Waals surface area contributed by atoms with Crippen molar-refractivity contribution in [3.63, 3.8) is 0 Å². The molecule has 19 heavy (non-hydrogen) atoms. The van der Waals surface area contributed by atoms with Gasteiger partial charge in [0.15, 0.2) is 0 Å². The van der Waals surface area contributed by atoms with Gasteiger partial charge in [0.2, 0.25) is 5.72 Å². The Bertz CT molecular complexity index is 492. The first-order valence-corrected chi connectivity index (χ1v) is 6.88. The Morgan fingerprint density at radius 3 is 2.84 bits per heavy atom. The van der Waals surface area contributed by atoms with Crippen molar-refractivity contribution in [1.82, 2.24) is 5.32 Å². The molecule has 1 aromatic rings. The molecule has 0 unspecified atom stereocenters. The molecule has 1 aromatic carbocycles. The number of benzene rings is 1. The summed E-state index contributed by atoms with van der Waals surface area (Å²) < 4.78 is 4.84. The molecular weight excluding hydrogens is 264 g/mol. The Morgan fingerprint density at radius 1 is 1.53 bits per heavy atom. The van der Waals surface area contributed by atoms with E-state index >= 15 is 0 Å². The number of nitrogens with zero attached hydrogens (tertiary/aromatic N) is 1. The van der Waals surface area contributed by atoms with Gasteiger partial charge in [0.25, 0.3) is 0 Å². The summed E-state index contributed by atoms with van der Waals surface area (Å²) in [5, 5.41) is 13.5. The molecule has 5 nitrogen and oxygen atoms in total. The van der Waals surface area contributed by atoms with Crippen molar-refractivity contribution in [1.29, 1.82) is 0 Å². The van der Waals surface area contributed by atoms with Gasteiger partial charge in [-0.25, -0.2) is 9.79 Å². The number of carbonyl (C=O) groups excluding carboxylic acids is 1. The van der Waals surface area contributed by atoms with E-state index < -0.39 is 17.2 Å². The fraction of sp³-hybridized carbons (Fsp3) is 0.385. The van der Waals surface area contributed by atoms with Crippen LogP contribution in [-0.4, -0.2) is 28.2 Å². The number of carbonyl (C=O) groups is 1. The number of thioether (sulfide) groups is 1. The fourth-order valence-corrected chi connectivity index (χ4v) is 2.93. The molecule has 2 N–H and O–H groups in total. The van der Waals surface area contributed by atoms with E-state index in [1.807, 2.05) is 18.2 Å². The smallest absolute Gasteiger partial charge is 0.408 e. The van der Waals surface area contributed by atoms with Gasteiger partial charge in [0.1, 0.15) is 5.37 Å². The van der Waals surface area contributed by atoms with Crippen LogP contribution in [0.3, 0.4) is 0 Å². The molecule has 0 radical (unpaired) electrons. The number of ether oxygens (including phenoxy) is 1. The molecule has 1 aliphatic heterocycles. The van der Waals surface area contributed by atoms with Crippen LogP contribution in [0.15, 0.2) is 35.3 Å². The van der Waals surface area contributed by atoms with Crippen LogP contribution in [0, 0.1) is 0 Å². The lowest BCUT2D eigenvalue weighted by molar-refractivity contribution is 0.0361. The van der Waals surface area contributed by atoms with Crippen LogP contribution in [0.2, 0.25) is 0 Å². The van der Waals surface area contributed by atoms with Crippen LogP contribution in [0.4, 0.5) is 4.79 Å². The third-order valence-corrected chi connectivity index (χ3v) is 3.82. The number of alkyl carbamates (subject to hydrolysis) is 1. The number of amides is 1. The van der Waals surface area contributed by atoms with Gasteiger partial charge in [-0.15, -0.1) is 0 Å². The van der Waals surface area contributed by atoms with Gasteiger partial charge in [0, 0.05) is 5.56 Å². The van der Waals surface area contributed by atoms with E-state index in [4.69, 9.17) is 4.74 Å². The zero-order valence-corrected chi connectivity index (χ0v) is 11.6. The average Bonchev–Trinajstić information content (AvgIpc) is 2.67. The molecule has 2 atom stereocenters. The summed E-state index contributed by atoms with van der Waals surface area (Å²) in [7, 11) is 0. The molecule has 6 heteroatoms. The lowest BCUT2D eigenvalue weighted by Gasteiger charge is -2.27. The number of aliphatic imine (C=N–C) groups is 1. The predicted molar refractivity (Wildman–Crippen MR) is 75.0 cm³/mol. The third-order valence-electron chi connectivity index (χ3n) is 2.70. The highest BCUT2D eigenvalue weighted by molar-refractivity contribution is 8.14. The number of nitrogens with one attached hydrogen (secondary N) is 1. The summed E-state index contributed by atoms with van der Waals surface area (Å²) in [6.07, 6.45) is -0.556. The average molecular weight is 280 g/mol. The Hall–Kier alpha value is -1.53. The van der Waals surface area contributed by atoms with Crippen LogP contribution in [0.1, 0.15) is 19.4 Å². The Labute approximate surface area is 116 Å². The molecule has 0 saturated carbocycles. The summed E-state index contributed by atoms with van der Waals surface area (Å²) in [6.45, 7) is 3.81. The molecule has 0 aromatic heterocycles. The normalized spacial score (nSPS) is 25.8. The van der Waals surface area contributed by atoms with E-state index in [-0.39, 0.29) is 6.61 Å². The zero-order chi connectivity index (χ0) is 13.9. The van der Waals surface area contributed by atoms with Gasteiger partial charge in [0.05, 0.1) is 11.7 Å². The van der Waals surface area contributed by atoms with Crippen LogP contribution in [0.5, 0.6) is 0 Å². The highest BCUT2D eigenvalue weighted by Gasteiger charge is 2.45. The molecule has 2 rings (SSSR count). The SMILES string of the molecule is CCOC(=O)N[C@H]1SC(C)=N[C@]1(O)c1ccccc1. The van der Waals surface area contributed by atoms with Crippen molar-refractivity contribution in [3.8, 4) is 0 Å². The Balaban J connectivity index is 2.23. The summed E-state index contributed by atoms with van der Waals surface area (Å²) in [4.78, 5) is 15.8. The van der Waals surface area contributed by atoms with Crippen LogP contribution in [0.25, 0.3) is 0 Å². The van der Waals surface area contributed by atoms with Gasteiger partial charge in [-0.05, 0) is 13.8 Å². The second-order valence-electron chi connectivity index (χ2n) is 4.09. The zero-order valence-electron chi connectivity index (χ0n) is 10.8. The van der Waals surface area contributed by atoms with E-state index in [1.54, 1.807) is 26.0 Å². The van der Waals surface area contributed by atoms with E-state index in [1.165, 1.54) is 11.8 Å². The minimum absolute atomic E-state index is 0.285. The lowest BCUT2D eigenvalue weighted by Crippen LogP contribution is -2.45. The molecule has 1 aliphatic rings. The summed E-state index contributed by atoms with van der Waals surface area (Å²) in [5.41, 5.74) is -0.816. The molecular formula is C13H16N2O3S. The first kappa shape index (κ1) is 13.9. The fourth-order valence-electron chi connectivity index (χ4n) is 1.89. The lowest BCUT2D eigenvalue weighted by atomic mass is 10.0. The predicted octanol–water partition coefficient (Wildman–Crippen LogP) is 2.07. The highest BCUT2D eigenvalue weighted by atomic mass is 32.2. The largest absolute Gasteiger partial charge is 0.450 e. The molecule has 102 valence electrons. The van der Waals surface area contributed by atoms with Crippen molar-refractivity contribution in [3.05, 3.63) is 35.9 Å². The summed E-state index contributed by atoms with van der Waals surface area (Å²) in [6, 6.07) is 9.06. The maximum absolute atomic E-state index is 11.5. The van der Waals surface area contributed by atoms with Gasteiger partial charge in [-0.3, -0.25) is 0 Å². The molecule has 0 bridgehead atoms. The second-order valence-corrected chi connectivity index (χ2v) is 5.38. The number of hydrogen-bond acceptors (Lipinski definition) is 5. The third kappa shape index (κ3) is 2.90. The number of rotatable bonds is 3. The molecule has 0 spiro atoms. The van der Waals surface area contributed by atoms with Gasteiger partial charge >= 0.3 is 6.09 Å². The number of aliphatic hydroxyl groups is 1. The number of hydrogen-bond donors (Lipinski definition) is 2. The van der Waals surface area contributed by atoms with Crippen LogP contribution >= 0.6 is 11.8 Å². The summed E-state index contributed by atoms with van der Waals surface area (Å²) >= 11 is 1.31. The first-order chi connectivity index (χ1) is 9.06. The van der Waals surface area contributed by atoms with Crippen molar-refractivity contribution < 1.29 is 14.6 Å². The molecule has 0 aliphatic carbocycles. The van der Waals surface area contributed by atoms with Crippen LogP contribution in [-0.2, 0) is 10.5 Å². The minimum Gasteiger partial charge on any atom is -0.450 e. The van der Waals surface area contributed by atoms with E-state index in [2.05, 4.69) is 10.3 Å². The standard InChI is InChI=1S/C13H16N2O3S/c1-3-18-12(16)14-11-13(17,15-9(2)19-11)10-7-5-4-6-8-10/h4-8,11,17H,3H2,1-2H3,(H,14,16)/t11-,13-/m0/s1. The maximum atomic E-state index is 11.5. The second kappa shape index (κ2) is 5.63. The van der Waals surface area contributed by atoms with Crippen molar-refractivity contribution >= 4 is 22.9 Å². The summed E-state index contributed by atoms with van der Waals surface area (Å²) in [5.74, 6) is 0. The topological polar surface area (TPSA) is 70.9 Å². The first-order valence-electron chi connectivity index (χ1n) is 6.00. The van der Waals surface area contributed by atoms with Crippen molar-refractivity contribution in [2.24, 2.45) is 4.99 Å². The van der Waals surface area contributed by atoms with E-state index in [9.17, 15) is 9.90 Å². The molecule has 0 saturated heterocycles. The maximum Gasteiger partial charge on any atom is 0.408 e. The van der Waals surface area contributed by atoms with Gasteiger partial charge in [-0.2, -0.15) is 0 Å². The van der Waals surface area contributed by atoms with Crippen molar-refractivity contribution in [2.45, 2.75) is 24.9 Å². The molecule has 0 fully saturated rings. The molecule has 1 amide bonds. The van der Waals surface area contributed by atoms with Gasteiger partial charge in [-0.1, -0.05) is 42.1 Å². The Kier molecular flexibility index (Phi) is 4.11. The van der Waals surface area contributed by atoms with Gasteiger partial charge < -0.3 is 15.2 Å². The van der Waals surface area contributed by atoms with Crippen molar-refractivity contribution in [2.75, 3.05) is 6.61 Å².